The number of hydrogen-bond acceptors (Lipinski definition) is 2. The van der Waals surface area contributed by atoms with E-state index in [0.29, 0.717) is 12.3 Å². The predicted molar refractivity (Wildman–Crippen MR) is 53.9 cm³/mol. The molecule has 1 aromatic rings. The van der Waals surface area contributed by atoms with E-state index in [-0.39, 0.29) is 5.91 Å². The maximum absolute atomic E-state index is 11.5. The Bertz CT molecular complexity index is 328. The van der Waals surface area contributed by atoms with Crippen molar-refractivity contribution in [2.75, 3.05) is 5.32 Å². The van der Waals surface area contributed by atoms with Crippen LogP contribution in [0.4, 0.5) is 5.82 Å². The van der Waals surface area contributed by atoms with Gasteiger partial charge in [0.05, 0.1) is 6.20 Å². The molecule has 1 heterocycles. The number of anilines is 1. The van der Waals surface area contributed by atoms with Crippen molar-refractivity contribution in [2.45, 2.75) is 32.6 Å². The van der Waals surface area contributed by atoms with Gasteiger partial charge in [-0.25, -0.2) is 0 Å². The summed E-state index contributed by atoms with van der Waals surface area (Å²) in [6.07, 6.45) is 6.04. The molecule has 2 N–H and O–H groups in total. The second-order valence-electron chi connectivity index (χ2n) is 3.98. The van der Waals surface area contributed by atoms with Gasteiger partial charge in [0.25, 0.3) is 0 Å². The smallest absolute Gasteiger partial charge is 0.225 e. The zero-order chi connectivity index (χ0) is 9.97. The van der Waals surface area contributed by atoms with Crippen LogP contribution in [0.2, 0.25) is 0 Å². The van der Waals surface area contributed by atoms with Gasteiger partial charge in [-0.15, -0.1) is 0 Å². The van der Waals surface area contributed by atoms with Crippen LogP contribution in [-0.2, 0) is 4.79 Å². The van der Waals surface area contributed by atoms with Crippen LogP contribution in [0.5, 0.6) is 0 Å². The minimum absolute atomic E-state index is 0.0991. The zero-order valence-electron chi connectivity index (χ0n) is 8.34. The first kappa shape index (κ1) is 9.24. The van der Waals surface area contributed by atoms with Crippen LogP contribution in [0, 0.1) is 12.8 Å². The Balaban J connectivity index is 1.84. The van der Waals surface area contributed by atoms with E-state index in [9.17, 15) is 4.79 Å². The monoisotopic (exact) mass is 193 g/mol. The Kier molecular flexibility index (Phi) is 2.52. The van der Waals surface area contributed by atoms with Crippen molar-refractivity contribution >= 4 is 11.7 Å². The van der Waals surface area contributed by atoms with Gasteiger partial charge in [-0.1, -0.05) is 6.42 Å². The van der Waals surface area contributed by atoms with E-state index in [1.807, 2.05) is 6.92 Å². The van der Waals surface area contributed by atoms with Gasteiger partial charge in [-0.3, -0.25) is 9.89 Å². The van der Waals surface area contributed by atoms with Gasteiger partial charge < -0.3 is 5.32 Å². The maximum atomic E-state index is 11.5. The van der Waals surface area contributed by atoms with Gasteiger partial charge >= 0.3 is 0 Å². The Morgan fingerprint density at radius 2 is 2.50 bits per heavy atom. The van der Waals surface area contributed by atoms with Crippen molar-refractivity contribution < 1.29 is 4.79 Å². The lowest BCUT2D eigenvalue weighted by Gasteiger charge is -2.24. The summed E-state index contributed by atoms with van der Waals surface area (Å²) in [7, 11) is 0. The minimum Gasteiger partial charge on any atom is -0.311 e. The van der Waals surface area contributed by atoms with E-state index in [4.69, 9.17) is 0 Å². The third-order valence-electron chi connectivity index (χ3n) is 2.79. The molecule has 0 bridgehead atoms. The van der Waals surface area contributed by atoms with Gasteiger partial charge in [-0.05, 0) is 25.7 Å². The van der Waals surface area contributed by atoms with Crippen molar-refractivity contribution in [1.29, 1.82) is 0 Å². The predicted octanol–water partition coefficient (Wildman–Crippen LogP) is 1.85. The number of hydrogen-bond donors (Lipinski definition) is 2. The highest BCUT2D eigenvalue weighted by Gasteiger charge is 2.20. The number of aromatic nitrogens is 2. The SMILES string of the molecule is Cc1cn[nH]c1NC(=O)CC1CCC1. The second kappa shape index (κ2) is 3.82. The summed E-state index contributed by atoms with van der Waals surface area (Å²) in [5.41, 5.74) is 0.979. The van der Waals surface area contributed by atoms with Crippen molar-refractivity contribution in [3.63, 3.8) is 0 Å². The van der Waals surface area contributed by atoms with Crippen LogP contribution in [0.1, 0.15) is 31.2 Å². The Morgan fingerprint density at radius 1 is 1.71 bits per heavy atom. The molecule has 0 atom stereocenters. The fourth-order valence-corrected chi connectivity index (χ4v) is 1.62. The molecule has 14 heavy (non-hydrogen) atoms. The van der Waals surface area contributed by atoms with Gasteiger partial charge in [0, 0.05) is 12.0 Å². The van der Waals surface area contributed by atoms with E-state index < -0.39 is 0 Å². The highest BCUT2D eigenvalue weighted by atomic mass is 16.1. The lowest BCUT2D eigenvalue weighted by atomic mass is 9.83. The minimum atomic E-state index is 0.0991. The topological polar surface area (TPSA) is 57.8 Å². The third-order valence-corrected chi connectivity index (χ3v) is 2.79. The summed E-state index contributed by atoms with van der Waals surface area (Å²) in [4.78, 5) is 11.5. The summed E-state index contributed by atoms with van der Waals surface area (Å²) < 4.78 is 0. The summed E-state index contributed by atoms with van der Waals surface area (Å²) in [6.45, 7) is 1.92. The van der Waals surface area contributed by atoms with E-state index in [0.717, 1.165) is 11.4 Å². The molecule has 1 aromatic heterocycles. The first-order chi connectivity index (χ1) is 6.75. The molecule has 1 amide bonds. The number of aryl methyl sites for hydroxylation is 1. The first-order valence-electron chi connectivity index (χ1n) is 5.05. The number of rotatable bonds is 3. The van der Waals surface area contributed by atoms with E-state index in [1.165, 1.54) is 19.3 Å². The number of amides is 1. The molecule has 0 aliphatic heterocycles. The molecular formula is C10H15N3O. The van der Waals surface area contributed by atoms with Gasteiger partial charge in [0.2, 0.25) is 5.91 Å². The Labute approximate surface area is 83.1 Å². The van der Waals surface area contributed by atoms with Gasteiger partial charge in [0.1, 0.15) is 5.82 Å². The van der Waals surface area contributed by atoms with Crippen LogP contribution in [-0.4, -0.2) is 16.1 Å². The van der Waals surface area contributed by atoms with E-state index in [2.05, 4.69) is 15.5 Å². The maximum Gasteiger partial charge on any atom is 0.225 e. The number of carbonyl (C=O) groups excluding carboxylic acids is 1. The molecule has 0 aromatic carbocycles. The summed E-state index contributed by atoms with van der Waals surface area (Å²) in [6, 6.07) is 0. The van der Waals surface area contributed by atoms with Gasteiger partial charge in [-0.2, -0.15) is 5.10 Å². The average Bonchev–Trinajstić information content (AvgIpc) is 2.45. The van der Waals surface area contributed by atoms with Crippen LogP contribution < -0.4 is 5.32 Å². The third kappa shape index (κ3) is 1.95. The average molecular weight is 193 g/mol. The molecule has 76 valence electrons. The number of nitrogens with zero attached hydrogens (tertiary/aromatic N) is 1. The van der Waals surface area contributed by atoms with Crippen molar-refractivity contribution in [3.8, 4) is 0 Å². The summed E-state index contributed by atoms with van der Waals surface area (Å²) >= 11 is 0. The van der Waals surface area contributed by atoms with Crippen molar-refractivity contribution in [1.82, 2.24) is 10.2 Å². The molecule has 0 unspecified atom stereocenters. The highest BCUT2D eigenvalue weighted by Crippen LogP contribution is 2.29. The molecule has 0 spiro atoms. The van der Waals surface area contributed by atoms with Crippen molar-refractivity contribution in [2.24, 2.45) is 5.92 Å². The summed E-state index contributed by atoms with van der Waals surface area (Å²) in [5.74, 6) is 1.44. The fourth-order valence-electron chi connectivity index (χ4n) is 1.62. The molecule has 4 nitrogen and oxygen atoms in total. The molecule has 0 saturated heterocycles. The lowest BCUT2D eigenvalue weighted by molar-refractivity contribution is -0.117. The number of aromatic amines is 1. The summed E-state index contributed by atoms with van der Waals surface area (Å²) in [5, 5.41) is 9.44. The Hall–Kier alpha value is -1.32. The van der Waals surface area contributed by atoms with Crippen LogP contribution in [0.15, 0.2) is 6.20 Å². The second-order valence-corrected chi connectivity index (χ2v) is 3.98. The normalized spacial score (nSPS) is 16.4. The molecular weight excluding hydrogens is 178 g/mol. The molecule has 2 rings (SSSR count). The van der Waals surface area contributed by atoms with Crippen molar-refractivity contribution in [3.05, 3.63) is 11.8 Å². The number of nitrogens with one attached hydrogen (secondary N) is 2. The standard InChI is InChI=1S/C10H15N3O/c1-7-6-11-13-10(7)12-9(14)5-8-3-2-4-8/h6,8H,2-5H2,1H3,(H2,11,12,13,14). The molecule has 1 aliphatic carbocycles. The molecule has 1 saturated carbocycles. The molecule has 1 fully saturated rings. The zero-order valence-corrected chi connectivity index (χ0v) is 8.34. The molecule has 4 heteroatoms. The van der Waals surface area contributed by atoms with Crippen LogP contribution in [0.3, 0.4) is 0 Å². The highest BCUT2D eigenvalue weighted by molar-refractivity contribution is 5.90. The Morgan fingerprint density at radius 3 is 3.00 bits per heavy atom. The van der Waals surface area contributed by atoms with E-state index in [1.54, 1.807) is 6.20 Å². The van der Waals surface area contributed by atoms with Crippen LogP contribution in [0.25, 0.3) is 0 Å². The fraction of sp³-hybridized carbons (Fsp3) is 0.600. The lowest BCUT2D eigenvalue weighted by Crippen LogP contribution is -2.21. The van der Waals surface area contributed by atoms with Crippen LogP contribution >= 0.6 is 0 Å². The van der Waals surface area contributed by atoms with Gasteiger partial charge in [0.15, 0.2) is 0 Å². The number of carbonyl (C=O) groups is 1. The largest absolute Gasteiger partial charge is 0.311 e. The van der Waals surface area contributed by atoms with E-state index >= 15 is 0 Å². The molecule has 0 radical (unpaired) electrons. The first-order valence-corrected chi connectivity index (χ1v) is 5.05. The quantitative estimate of drug-likeness (QED) is 0.769. The molecule has 1 aliphatic rings. The number of H-pyrrole nitrogens is 1.